The number of carbonyl (C=O) groups is 1. The molecule has 0 saturated heterocycles. The zero-order chi connectivity index (χ0) is 20.2. The standard InChI is InChI=1S/C23H21N5O/c1-15-5-3-6-16(2)21(15)27-23(29)26-19-8-4-7-18(13-19)22-20(14-25-28-22)17-9-11-24-12-10-17/h3-14H,1-2H3,(H,25,28)(H2,26,27,29). The summed E-state index contributed by atoms with van der Waals surface area (Å²) in [4.78, 5) is 16.6. The van der Waals surface area contributed by atoms with E-state index in [0.29, 0.717) is 5.69 Å². The van der Waals surface area contributed by atoms with Crippen LogP contribution in [0.5, 0.6) is 0 Å². The number of para-hydroxylation sites is 1. The molecule has 2 heterocycles. The Morgan fingerprint density at radius 2 is 1.62 bits per heavy atom. The fourth-order valence-electron chi connectivity index (χ4n) is 3.29. The van der Waals surface area contributed by atoms with E-state index in [-0.39, 0.29) is 6.03 Å². The lowest BCUT2D eigenvalue weighted by molar-refractivity contribution is 0.262. The van der Waals surface area contributed by atoms with Gasteiger partial charge in [0.25, 0.3) is 0 Å². The highest BCUT2D eigenvalue weighted by atomic mass is 16.2. The fraction of sp³-hybridized carbons (Fsp3) is 0.0870. The van der Waals surface area contributed by atoms with Crippen LogP contribution in [0.2, 0.25) is 0 Å². The molecule has 0 spiro atoms. The molecule has 0 saturated carbocycles. The van der Waals surface area contributed by atoms with Gasteiger partial charge in [0.05, 0.1) is 5.69 Å². The molecule has 0 aliphatic heterocycles. The fourth-order valence-corrected chi connectivity index (χ4v) is 3.29. The summed E-state index contributed by atoms with van der Waals surface area (Å²) in [6.07, 6.45) is 5.36. The summed E-state index contributed by atoms with van der Waals surface area (Å²) in [5.41, 5.74) is 7.28. The van der Waals surface area contributed by atoms with Gasteiger partial charge in [0.1, 0.15) is 0 Å². The molecule has 2 amide bonds. The van der Waals surface area contributed by atoms with Gasteiger partial charge in [-0.15, -0.1) is 0 Å². The number of carbonyl (C=O) groups excluding carboxylic acids is 1. The molecule has 4 aromatic rings. The van der Waals surface area contributed by atoms with Gasteiger partial charge in [-0.25, -0.2) is 4.79 Å². The number of benzene rings is 2. The number of H-pyrrole nitrogens is 1. The number of hydrogen-bond donors (Lipinski definition) is 3. The molecule has 3 N–H and O–H groups in total. The van der Waals surface area contributed by atoms with Gasteiger partial charge in [-0.2, -0.15) is 5.10 Å². The minimum atomic E-state index is -0.282. The molecule has 144 valence electrons. The SMILES string of the molecule is Cc1cccc(C)c1NC(=O)Nc1cccc(-c2n[nH]cc2-c2ccncc2)c1. The van der Waals surface area contributed by atoms with Crippen molar-refractivity contribution in [3.63, 3.8) is 0 Å². The number of aromatic nitrogens is 3. The van der Waals surface area contributed by atoms with Gasteiger partial charge in [0.2, 0.25) is 0 Å². The van der Waals surface area contributed by atoms with Crippen molar-refractivity contribution in [3.05, 3.63) is 84.3 Å². The number of nitrogens with zero attached hydrogens (tertiary/aromatic N) is 2. The van der Waals surface area contributed by atoms with Gasteiger partial charge in [-0.1, -0.05) is 30.3 Å². The van der Waals surface area contributed by atoms with Crippen molar-refractivity contribution in [1.82, 2.24) is 15.2 Å². The Labute approximate surface area is 169 Å². The second-order valence-corrected chi connectivity index (χ2v) is 6.81. The molecular weight excluding hydrogens is 362 g/mol. The first-order chi connectivity index (χ1) is 14.1. The van der Waals surface area contributed by atoms with Gasteiger partial charge in [0.15, 0.2) is 0 Å². The van der Waals surface area contributed by atoms with E-state index in [1.807, 2.05) is 74.6 Å². The highest BCUT2D eigenvalue weighted by Gasteiger charge is 2.12. The van der Waals surface area contributed by atoms with Gasteiger partial charge in [-0.05, 0) is 54.8 Å². The Hall–Kier alpha value is -3.93. The number of urea groups is 1. The summed E-state index contributed by atoms with van der Waals surface area (Å²) in [6.45, 7) is 3.95. The number of amides is 2. The second kappa shape index (κ2) is 7.98. The maximum atomic E-state index is 12.5. The third kappa shape index (κ3) is 4.01. The van der Waals surface area contributed by atoms with Gasteiger partial charge < -0.3 is 10.6 Å². The summed E-state index contributed by atoms with van der Waals surface area (Å²) in [5.74, 6) is 0. The van der Waals surface area contributed by atoms with Crippen LogP contribution in [0.4, 0.5) is 16.2 Å². The molecule has 0 aliphatic carbocycles. The van der Waals surface area contributed by atoms with Crippen LogP contribution in [-0.2, 0) is 0 Å². The van der Waals surface area contributed by atoms with E-state index < -0.39 is 0 Å². The molecule has 0 aliphatic rings. The van der Waals surface area contributed by atoms with Crippen LogP contribution in [-0.4, -0.2) is 21.2 Å². The Morgan fingerprint density at radius 1 is 0.897 bits per heavy atom. The van der Waals surface area contributed by atoms with Crippen molar-refractivity contribution in [1.29, 1.82) is 0 Å². The smallest absolute Gasteiger partial charge is 0.308 e. The van der Waals surface area contributed by atoms with Crippen molar-refractivity contribution < 1.29 is 4.79 Å². The first-order valence-electron chi connectivity index (χ1n) is 9.30. The lowest BCUT2D eigenvalue weighted by Gasteiger charge is -2.13. The molecule has 29 heavy (non-hydrogen) atoms. The molecule has 2 aromatic heterocycles. The maximum Gasteiger partial charge on any atom is 0.323 e. The average molecular weight is 383 g/mol. The van der Waals surface area contributed by atoms with Crippen LogP contribution < -0.4 is 10.6 Å². The predicted octanol–water partition coefficient (Wildman–Crippen LogP) is 5.40. The number of rotatable bonds is 4. The van der Waals surface area contributed by atoms with Crippen molar-refractivity contribution in [2.45, 2.75) is 13.8 Å². The third-order valence-corrected chi connectivity index (χ3v) is 4.75. The summed E-state index contributed by atoms with van der Waals surface area (Å²) in [6, 6.07) is 17.1. The van der Waals surface area contributed by atoms with E-state index in [1.54, 1.807) is 12.4 Å². The highest BCUT2D eigenvalue weighted by molar-refractivity contribution is 6.01. The van der Waals surface area contributed by atoms with Crippen molar-refractivity contribution >= 4 is 17.4 Å². The Morgan fingerprint density at radius 3 is 2.38 bits per heavy atom. The normalized spacial score (nSPS) is 10.6. The molecule has 0 radical (unpaired) electrons. The number of aryl methyl sites for hydroxylation is 2. The van der Waals surface area contributed by atoms with Gasteiger partial charge >= 0.3 is 6.03 Å². The van der Waals surface area contributed by atoms with Crippen LogP contribution in [0.1, 0.15) is 11.1 Å². The number of aromatic amines is 1. The molecule has 6 nitrogen and oxygen atoms in total. The lowest BCUT2D eigenvalue weighted by atomic mass is 10.0. The zero-order valence-corrected chi connectivity index (χ0v) is 16.2. The summed E-state index contributed by atoms with van der Waals surface area (Å²) >= 11 is 0. The van der Waals surface area contributed by atoms with Crippen LogP contribution in [0.3, 0.4) is 0 Å². The molecule has 0 atom stereocenters. The number of hydrogen-bond acceptors (Lipinski definition) is 3. The number of pyridine rings is 1. The van der Waals surface area contributed by atoms with Crippen LogP contribution >= 0.6 is 0 Å². The predicted molar refractivity (Wildman–Crippen MR) is 116 cm³/mol. The number of nitrogens with one attached hydrogen (secondary N) is 3. The topological polar surface area (TPSA) is 82.7 Å². The van der Waals surface area contributed by atoms with Crippen molar-refractivity contribution in [2.24, 2.45) is 0 Å². The second-order valence-electron chi connectivity index (χ2n) is 6.81. The van der Waals surface area contributed by atoms with Gasteiger partial charge in [0, 0.05) is 41.1 Å². The quantitative estimate of drug-likeness (QED) is 0.441. The molecule has 0 unspecified atom stereocenters. The Kier molecular flexibility index (Phi) is 5.07. The lowest BCUT2D eigenvalue weighted by Crippen LogP contribution is -2.20. The Bertz CT molecular complexity index is 1130. The zero-order valence-electron chi connectivity index (χ0n) is 16.2. The monoisotopic (exact) mass is 383 g/mol. The molecule has 4 rings (SSSR count). The first-order valence-corrected chi connectivity index (χ1v) is 9.30. The van der Waals surface area contributed by atoms with E-state index in [1.165, 1.54) is 0 Å². The summed E-state index contributed by atoms with van der Waals surface area (Å²) in [5, 5.41) is 13.2. The molecular formula is C23H21N5O. The van der Waals surface area contributed by atoms with Crippen molar-refractivity contribution in [2.75, 3.05) is 10.6 Å². The van der Waals surface area contributed by atoms with E-state index in [4.69, 9.17) is 0 Å². The van der Waals surface area contributed by atoms with Crippen molar-refractivity contribution in [3.8, 4) is 22.4 Å². The first kappa shape index (κ1) is 18.4. The minimum Gasteiger partial charge on any atom is -0.308 e. The van der Waals surface area contributed by atoms with Crippen LogP contribution in [0, 0.1) is 13.8 Å². The van der Waals surface area contributed by atoms with E-state index in [2.05, 4.69) is 25.8 Å². The minimum absolute atomic E-state index is 0.282. The largest absolute Gasteiger partial charge is 0.323 e. The molecule has 6 heteroatoms. The molecule has 0 fully saturated rings. The van der Waals surface area contributed by atoms with E-state index in [0.717, 1.165) is 39.2 Å². The van der Waals surface area contributed by atoms with E-state index in [9.17, 15) is 4.79 Å². The molecule has 0 bridgehead atoms. The summed E-state index contributed by atoms with van der Waals surface area (Å²) in [7, 11) is 0. The van der Waals surface area contributed by atoms with Crippen LogP contribution in [0.25, 0.3) is 22.4 Å². The maximum absolute atomic E-state index is 12.5. The van der Waals surface area contributed by atoms with Crippen LogP contribution in [0.15, 0.2) is 73.2 Å². The van der Waals surface area contributed by atoms with E-state index >= 15 is 0 Å². The average Bonchev–Trinajstić information content (AvgIpc) is 3.22. The summed E-state index contributed by atoms with van der Waals surface area (Å²) < 4.78 is 0. The third-order valence-electron chi connectivity index (χ3n) is 4.75. The van der Waals surface area contributed by atoms with Gasteiger partial charge in [-0.3, -0.25) is 10.1 Å². The molecule has 2 aromatic carbocycles. The number of anilines is 2. The highest BCUT2D eigenvalue weighted by Crippen LogP contribution is 2.31. The Balaban J connectivity index is 1.56.